The van der Waals surface area contributed by atoms with Gasteiger partial charge >= 0.3 is 0 Å². The lowest BCUT2D eigenvalue weighted by molar-refractivity contribution is -0.00982. The van der Waals surface area contributed by atoms with Crippen LogP contribution >= 0.6 is 0 Å². The fourth-order valence-corrected chi connectivity index (χ4v) is 3.22. The van der Waals surface area contributed by atoms with E-state index in [1.165, 1.54) is 32.1 Å². The lowest BCUT2D eigenvalue weighted by atomic mass is 9.84. The Balaban J connectivity index is 2.11. The molecular formula is C17H35NO2. The summed E-state index contributed by atoms with van der Waals surface area (Å²) in [6.07, 6.45) is 7.44. The molecule has 1 saturated carbocycles. The van der Waals surface area contributed by atoms with Crippen LogP contribution in [-0.2, 0) is 4.74 Å². The average molecular weight is 285 g/mol. The molecule has 20 heavy (non-hydrogen) atoms. The van der Waals surface area contributed by atoms with Crippen molar-refractivity contribution in [2.75, 3.05) is 13.2 Å². The van der Waals surface area contributed by atoms with E-state index >= 15 is 0 Å². The summed E-state index contributed by atoms with van der Waals surface area (Å²) in [5.74, 6) is 1.52. The zero-order valence-corrected chi connectivity index (χ0v) is 13.9. The van der Waals surface area contributed by atoms with E-state index in [4.69, 9.17) is 4.74 Å². The predicted octanol–water partition coefficient (Wildman–Crippen LogP) is 3.36. The zero-order valence-electron chi connectivity index (χ0n) is 13.9. The fourth-order valence-electron chi connectivity index (χ4n) is 3.22. The van der Waals surface area contributed by atoms with Crippen LogP contribution in [0.25, 0.3) is 0 Å². The van der Waals surface area contributed by atoms with Gasteiger partial charge in [0.15, 0.2) is 0 Å². The highest BCUT2D eigenvalue weighted by Crippen LogP contribution is 2.26. The number of aliphatic hydroxyl groups excluding tert-OH is 1. The third-order valence-electron chi connectivity index (χ3n) is 4.38. The van der Waals surface area contributed by atoms with Crippen LogP contribution in [0.4, 0.5) is 0 Å². The van der Waals surface area contributed by atoms with Crippen molar-refractivity contribution in [3.63, 3.8) is 0 Å². The first-order valence-electron chi connectivity index (χ1n) is 8.54. The Hall–Kier alpha value is -0.120. The molecule has 0 saturated heterocycles. The molecule has 3 heteroatoms. The minimum atomic E-state index is -0.383. The van der Waals surface area contributed by atoms with Gasteiger partial charge in [-0.3, -0.25) is 0 Å². The fraction of sp³-hybridized carbons (Fsp3) is 1.00. The molecule has 4 unspecified atom stereocenters. The van der Waals surface area contributed by atoms with Crippen molar-refractivity contribution >= 4 is 0 Å². The van der Waals surface area contributed by atoms with Gasteiger partial charge in [-0.25, -0.2) is 0 Å². The Labute approximate surface area is 125 Å². The summed E-state index contributed by atoms with van der Waals surface area (Å²) in [5.41, 5.74) is 0. The molecule has 0 aliphatic heterocycles. The van der Waals surface area contributed by atoms with Crippen LogP contribution in [0.2, 0.25) is 0 Å². The van der Waals surface area contributed by atoms with Gasteiger partial charge in [0.1, 0.15) is 0 Å². The van der Waals surface area contributed by atoms with E-state index < -0.39 is 0 Å². The molecule has 3 nitrogen and oxygen atoms in total. The van der Waals surface area contributed by atoms with E-state index in [9.17, 15) is 5.11 Å². The number of aliphatic hydroxyl groups is 1. The molecule has 4 atom stereocenters. The smallest absolute Gasteiger partial charge is 0.0897 e. The van der Waals surface area contributed by atoms with E-state index in [1.807, 2.05) is 0 Å². The van der Waals surface area contributed by atoms with Crippen LogP contribution in [0.15, 0.2) is 0 Å². The van der Waals surface area contributed by atoms with Crippen LogP contribution in [-0.4, -0.2) is 36.5 Å². The van der Waals surface area contributed by atoms with Crippen LogP contribution in [0, 0.1) is 11.8 Å². The van der Waals surface area contributed by atoms with E-state index in [0.29, 0.717) is 25.1 Å². The van der Waals surface area contributed by atoms with Crippen molar-refractivity contribution in [1.82, 2.24) is 5.32 Å². The monoisotopic (exact) mass is 285 g/mol. The van der Waals surface area contributed by atoms with Gasteiger partial charge in [-0.05, 0) is 38.0 Å². The van der Waals surface area contributed by atoms with Gasteiger partial charge < -0.3 is 15.2 Å². The van der Waals surface area contributed by atoms with E-state index in [0.717, 1.165) is 12.3 Å². The second-order valence-corrected chi connectivity index (χ2v) is 6.97. The number of rotatable bonds is 9. The SMILES string of the molecule is CCC1CCCC(NCC(O)COC(C)CC(C)C)C1. The largest absolute Gasteiger partial charge is 0.389 e. The highest BCUT2D eigenvalue weighted by Gasteiger charge is 2.21. The van der Waals surface area contributed by atoms with Gasteiger partial charge in [-0.1, -0.05) is 40.0 Å². The maximum Gasteiger partial charge on any atom is 0.0897 e. The molecule has 0 aromatic carbocycles. The summed E-state index contributed by atoms with van der Waals surface area (Å²) in [4.78, 5) is 0. The van der Waals surface area contributed by atoms with E-state index in [-0.39, 0.29) is 12.2 Å². The minimum absolute atomic E-state index is 0.240. The van der Waals surface area contributed by atoms with Crippen molar-refractivity contribution < 1.29 is 9.84 Å². The Kier molecular flexibility index (Phi) is 8.74. The molecule has 1 rings (SSSR count). The third kappa shape index (κ3) is 7.61. The van der Waals surface area contributed by atoms with Gasteiger partial charge in [0.25, 0.3) is 0 Å². The molecule has 120 valence electrons. The maximum atomic E-state index is 10.00. The molecule has 1 fully saturated rings. The second-order valence-electron chi connectivity index (χ2n) is 6.97. The molecular weight excluding hydrogens is 250 g/mol. The van der Waals surface area contributed by atoms with Gasteiger partial charge in [-0.2, -0.15) is 0 Å². The van der Waals surface area contributed by atoms with Crippen molar-refractivity contribution in [2.45, 2.75) is 84.5 Å². The number of nitrogens with one attached hydrogen (secondary N) is 1. The summed E-state index contributed by atoms with van der Waals surface area (Å²) in [6.45, 7) is 9.88. The van der Waals surface area contributed by atoms with Crippen LogP contribution < -0.4 is 5.32 Å². The summed E-state index contributed by atoms with van der Waals surface area (Å²) in [7, 11) is 0. The molecule has 0 radical (unpaired) electrons. The Bertz CT molecular complexity index is 245. The van der Waals surface area contributed by atoms with Gasteiger partial charge in [0.05, 0.1) is 18.8 Å². The van der Waals surface area contributed by atoms with Crippen molar-refractivity contribution in [3.8, 4) is 0 Å². The van der Waals surface area contributed by atoms with Crippen molar-refractivity contribution in [3.05, 3.63) is 0 Å². The van der Waals surface area contributed by atoms with Crippen LogP contribution in [0.1, 0.15) is 66.2 Å². The van der Waals surface area contributed by atoms with Crippen LogP contribution in [0.3, 0.4) is 0 Å². The Morgan fingerprint density at radius 1 is 1.25 bits per heavy atom. The standard InChI is InChI=1S/C17H35NO2/c1-5-15-7-6-8-16(10-15)18-11-17(19)12-20-14(4)9-13(2)3/h13-19H,5-12H2,1-4H3. The molecule has 2 N–H and O–H groups in total. The molecule has 0 heterocycles. The molecule has 1 aliphatic carbocycles. The van der Waals surface area contributed by atoms with Gasteiger partial charge in [0, 0.05) is 12.6 Å². The van der Waals surface area contributed by atoms with Gasteiger partial charge in [0.2, 0.25) is 0 Å². The Morgan fingerprint density at radius 2 is 2.00 bits per heavy atom. The number of ether oxygens (including phenoxy) is 1. The topological polar surface area (TPSA) is 41.5 Å². The average Bonchev–Trinajstić information content (AvgIpc) is 2.42. The predicted molar refractivity (Wildman–Crippen MR) is 84.9 cm³/mol. The number of hydrogen-bond acceptors (Lipinski definition) is 3. The molecule has 0 spiro atoms. The second kappa shape index (κ2) is 9.75. The number of hydrogen-bond donors (Lipinski definition) is 2. The summed E-state index contributed by atoms with van der Waals surface area (Å²) in [6, 6.07) is 0.594. The molecule has 1 aliphatic rings. The Morgan fingerprint density at radius 3 is 2.65 bits per heavy atom. The van der Waals surface area contributed by atoms with Gasteiger partial charge in [-0.15, -0.1) is 0 Å². The highest BCUT2D eigenvalue weighted by molar-refractivity contribution is 4.78. The lowest BCUT2D eigenvalue weighted by Gasteiger charge is -2.30. The third-order valence-corrected chi connectivity index (χ3v) is 4.38. The maximum absolute atomic E-state index is 10.00. The zero-order chi connectivity index (χ0) is 15.0. The van der Waals surface area contributed by atoms with Crippen molar-refractivity contribution in [2.24, 2.45) is 11.8 Å². The van der Waals surface area contributed by atoms with E-state index in [1.54, 1.807) is 0 Å². The quantitative estimate of drug-likeness (QED) is 0.682. The minimum Gasteiger partial charge on any atom is -0.389 e. The lowest BCUT2D eigenvalue weighted by Crippen LogP contribution is -2.40. The first-order valence-corrected chi connectivity index (χ1v) is 8.54. The molecule has 0 aromatic heterocycles. The molecule has 0 bridgehead atoms. The van der Waals surface area contributed by atoms with E-state index in [2.05, 4.69) is 33.0 Å². The summed E-state index contributed by atoms with van der Waals surface area (Å²) >= 11 is 0. The first-order chi connectivity index (χ1) is 9.51. The molecule has 0 amide bonds. The highest BCUT2D eigenvalue weighted by atomic mass is 16.5. The first kappa shape index (κ1) is 17.9. The molecule has 0 aromatic rings. The summed E-state index contributed by atoms with van der Waals surface area (Å²) in [5, 5.41) is 13.5. The normalized spacial score (nSPS) is 26.7. The van der Waals surface area contributed by atoms with Crippen molar-refractivity contribution in [1.29, 1.82) is 0 Å². The summed E-state index contributed by atoms with van der Waals surface area (Å²) < 4.78 is 5.71. The van der Waals surface area contributed by atoms with Crippen LogP contribution in [0.5, 0.6) is 0 Å².